The first-order valence-electron chi connectivity index (χ1n) is 5.90. The van der Waals surface area contributed by atoms with Gasteiger partial charge in [0.25, 0.3) is 5.69 Å². The molecule has 0 bridgehead atoms. The molecule has 6 nitrogen and oxygen atoms in total. The molecule has 2 rings (SSSR count). The number of hydrogen-bond donors (Lipinski definition) is 2. The Morgan fingerprint density at radius 1 is 1.33 bits per heavy atom. The van der Waals surface area contributed by atoms with E-state index in [2.05, 4.69) is 15.6 Å². The fraction of sp³-hybridized carbons (Fsp3) is 0.0769. The Morgan fingerprint density at radius 2 is 2.10 bits per heavy atom. The Balaban J connectivity index is 2.01. The number of nitrogens with zero attached hydrogens (tertiary/aromatic N) is 2. The Hall–Kier alpha value is -2.25. The smallest absolute Gasteiger partial charge is 0.287 e. The van der Waals surface area contributed by atoms with E-state index in [9.17, 15) is 10.1 Å². The molecular weight excluding hydrogens is 312 g/mol. The predicted octanol–water partition coefficient (Wildman–Crippen LogP) is 3.76. The Kier molecular flexibility index (Phi) is 4.66. The van der Waals surface area contributed by atoms with E-state index in [4.69, 9.17) is 23.8 Å². The van der Waals surface area contributed by atoms with Crippen molar-refractivity contribution in [1.29, 1.82) is 0 Å². The zero-order valence-electron chi connectivity index (χ0n) is 11.0. The molecule has 0 aliphatic rings. The maximum absolute atomic E-state index is 10.5. The summed E-state index contributed by atoms with van der Waals surface area (Å²) >= 11 is 11.2. The number of nitrogens with one attached hydrogen (secondary N) is 2. The van der Waals surface area contributed by atoms with E-state index in [1.54, 1.807) is 6.07 Å². The third-order valence-corrected chi connectivity index (χ3v) is 3.24. The molecule has 2 aromatic rings. The van der Waals surface area contributed by atoms with Gasteiger partial charge in [-0.3, -0.25) is 10.1 Å². The van der Waals surface area contributed by atoms with Crippen LogP contribution in [0.15, 0.2) is 36.5 Å². The molecule has 1 aromatic heterocycles. The van der Waals surface area contributed by atoms with Gasteiger partial charge in [-0.25, -0.2) is 4.98 Å². The van der Waals surface area contributed by atoms with Gasteiger partial charge >= 0.3 is 0 Å². The molecular formula is C13H11ClN4O2S. The van der Waals surface area contributed by atoms with Gasteiger partial charge in [-0.05, 0) is 42.9 Å². The summed E-state index contributed by atoms with van der Waals surface area (Å²) in [5.74, 6) is 0.413. The number of nitro groups is 1. The third-order valence-electron chi connectivity index (χ3n) is 2.63. The lowest BCUT2D eigenvalue weighted by Gasteiger charge is -2.10. The minimum atomic E-state index is -0.512. The second kappa shape index (κ2) is 6.47. The summed E-state index contributed by atoms with van der Waals surface area (Å²) in [6, 6.07) is 8.30. The van der Waals surface area contributed by atoms with E-state index >= 15 is 0 Å². The molecule has 8 heteroatoms. The third kappa shape index (κ3) is 4.11. The lowest BCUT2D eigenvalue weighted by molar-refractivity contribution is -0.385. The number of halogens is 1. The monoisotopic (exact) mass is 322 g/mol. The lowest BCUT2D eigenvalue weighted by atomic mass is 10.2. The average Bonchev–Trinajstić information content (AvgIpc) is 2.43. The highest BCUT2D eigenvalue weighted by Crippen LogP contribution is 2.20. The van der Waals surface area contributed by atoms with E-state index < -0.39 is 4.92 Å². The summed E-state index contributed by atoms with van der Waals surface area (Å²) in [4.78, 5) is 13.9. The minimum absolute atomic E-state index is 0.0789. The van der Waals surface area contributed by atoms with Crippen LogP contribution in [0.5, 0.6) is 0 Å². The van der Waals surface area contributed by atoms with Gasteiger partial charge in [-0.2, -0.15) is 0 Å². The maximum Gasteiger partial charge on any atom is 0.287 e. The SMILES string of the molecule is Cc1ccc(NC(=S)Nc2ccc([N+](=O)[O-])cn2)cc1Cl. The van der Waals surface area contributed by atoms with Crippen LogP contribution in [0, 0.1) is 17.0 Å². The highest BCUT2D eigenvalue weighted by molar-refractivity contribution is 7.80. The Labute approximate surface area is 131 Å². The van der Waals surface area contributed by atoms with Crippen molar-refractivity contribution in [2.45, 2.75) is 6.92 Å². The largest absolute Gasteiger partial charge is 0.332 e. The molecule has 0 aliphatic carbocycles. The first-order chi connectivity index (χ1) is 9.95. The molecule has 1 heterocycles. The molecule has 0 fully saturated rings. The quantitative estimate of drug-likeness (QED) is 0.509. The number of hydrogen-bond acceptors (Lipinski definition) is 4. The van der Waals surface area contributed by atoms with Crippen molar-refractivity contribution in [3.63, 3.8) is 0 Å². The molecule has 0 saturated carbocycles. The van der Waals surface area contributed by atoms with Crippen molar-refractivity contribution in [3.8, 4) is 0 Å². The summed E-state index contributed by atoms with van der Waals surface area (Å²) in [5, 5.41) is 17.3. The van der Waals surface area contributed by atoms with Crippen molar-refractivity contribution >= 4 is 46.1 Å². The molecule has 1 aromatic carbocycles. The zero-order valence-corrected chi connectivity index (χ0v) is 12.5. The topological polar surface area (TPSA) is 80.1 Å². The maximum atomic E-state index is 10.5. The van der Waals surface area contributed by atoms with Crippen LogP contribution in [0.25, 0.3) is 0 Å². The van der Waals surface area contributed by atoms with Crippen LogP contribution >= 0.6 is 23.8 Å². The Bertz CT molecular complexity index is 691. The van der Waals surface area contributed by atoms with Crippen LogP contribution in [0.2, 0.25) is 5.02 Å². The fourth-order valence-electron chi connectivity index (χ4n) is 1.52. The van der Waals surface area contributed by atoms with Gasteiger partial charge in [0.05, 0.1) is 4.92 Å². The van der Waals surface area contributed by atoms with Gasteiger partial charge < -0.3 is 10.6 Å². The van der Waals surface area contributed by atoms with Crippen LogP contribution < -0.4 is 10.6 Å². The fourth-order valence-corrected chi connectivity index (χ4v) is 1.92. The summed E-state index contributed by atoms with van der Waals surface area (Å²) in [5.41, 5.74) is 1.63. The van der Waals surface area contributed by atoms with Crippen LogP contribution in [0.1, 0.15) is 5.56 Å². The number of benzene rings is 1. The van der Waals surface area contributed by atoms with E-state index in [1.807, 2.05) is 19.1 Å². The summed E-state index contributed by atoms with van der Waals surface area (Å²) in [6.45, 7) is 1.91. The zero-order chi connectivity index (χ0) is 15.4. The molecule has 0 amide bonds. The lowest BCUT2D eigenvalue weighted by Crippen LogP contribution is -2.19. The average molecular weight is 323 g/mol. The molecule has 0 aliphatic heterocycles. The molecule has 0 atom stereocenters. The molecule has 2 N–H and O–H groups in total. The number of aryl methyl sites for hydroxylation is 1. The molecule has 0 spiro atoms. The summed E-state index contributed by atoms with van der Waals surface area (Å²) in [6.07, 6.45) is 1.16. The minimum Gasteiger partial charge on any atom is -0.332 e. The highest BCUT2D eigenvalue weighted by atomic mass is 35.5. The van der Waals surface area contributed by atoms with Crippen molar-refractivity contribution in [2.24, 2.45) is 0 Å². The second-order valence-corrected chi connectivity index (χ2v) is 5.02. The number of pyridine rings is 1. The molecule has 21 heavy (non-hydrogen) atoms. The first kappa shape index (κ1) is 15.1. The van der Waals surface area contributed by atoms with Crippen LogP contribution in [-0.2, 0) is 0 Å². The van der Waals surface area contributed by atoms with E-state index in [1.165, 1.54) is 12.1 Å². The van der Waals surface area contributed by atoms with Crippen LogP contribution in [0.4, 0.5) is 17.2 Å². The highest BCUT2D eigenvalue weighted by Gasteiger charge is 2.06. The van der Waals surface area contributed by atoms with Gasteiger partial charge in [0.2, 0.25) is 0 Å². The number of aromatic nitrogens is 1. The van der Waals surface area contributed by atoms with E-state index in [0.29, 0.717) is 16.0 Å². The van der Waals surface area contributed by atoms with Crippen molar-refractivity contribution in [1.82, 2.24) is 4.98 Å². The second-order valence-electron chi connectivity index (χ2n) is 4.20. The van der Waals surface area contributed by atoms with Gasteiger partial charge in [0, 0.05) is 16.8 Å². The number of thiocarbonyl (C=S) groups is 1. The normalized spacial score (nSPS) is 10.0. The van der Waals surface area contributed by atoms with Gasteiger partial charge in [-0.15, -0.1) is 0 Å². The van der Waals surface area contributed by atoms with E-state index in [-0.39, 0.29) is 5.69 Å². The van der Waals surface area contributed by atoms with Gasteiger partial charge in [0.15, 0.2) is 5.11 Å². The Morgan fingerprint density at radius 3 is 2.67 bits per heavy atom. The van der Waals surface area contributed by atoms with Gasteiger partial charge in [0.1, 0.15) is 12.0 Å². The molecule has 0 radical (unpaired) electrons. The van der Waals surface area contributed by atoms with Crippen molar-refractivity contribution in [3.05, 3.63) is 57.2 Å². The van der Waals surface area contributed by atoms with Gasteiger partial charge in [-0.1, -0.05) is 17.7 Å². The summed E-state index contributed by atoms with van der Waals surface area (Å²) in [7, 11) is 0. The molecule has 0 unspecified atom stereocenters. The van der Waals surface area contributed by atoms with Crippen molar-refractivity contribution < 1.29 is 4.92 Å². The molecule has 108 valence electrons. The van der Waals surface area contributed by atoms with Crippen molar-refractivity contribution in [2.75, 3.05) is 10.6 Å². The molecule has 0 saturated heterocycles. The number of anilines is 2. The van der Waals surface area contributed by atoms with Crippen LogP contribution in [-0.4, -0.2) is 15.0 Å². The van der Waals surface area contributed by atoms with Crippen LogP contribution in [0.3, 0.4) is 0 Å². The predicted molar refractivity (Wildman–Crippen MR) is 86.9 cm³/mol. The standard InChI is InChI=1S/C13H11ClN4O2S/c1-8-2-3-9(6-11(8)14)16-13(21)17-12-5-4-10(7-15-12)18(19)20/h2-7H,1H3,(H2,15,16,17,21). The number of rotatable bonds is 3. The summed E-state index contributed by atoms with van der Waals surface area (Å²) < 4.78 is 0. The van der Waals surface area contributed by atoms with E-state index in [0.717, 1.165) is 17.4 Å². The first-order valence-corrected chi connectivity index (χ1v) is 6.69.